The monoisotopic (exact) mass is 320 g/mol. The Kier molecular flexibility index (Phi) is 6.16. The second kappa shape index (κ2) is 7.90. The van der Waals surface area contributed by atoms with Crippen LogP contribution in [0.2, 0.25) is 0 Å². The molecule has 128 valence electrons. The molecule has 0 bridgehead atoms. The normalized spacial score (nSPS) is 24.9. The summed E-state index contributed by atoms with van der Waals surface area (Å²) in [6.45, 7) is 6.74. The highest BCUT2D eigenvalue weighted by molar-refractivity contribution is 5.79. The van der Waals surface area contributed by atoms with Crippen molar-refractivity contribution in [3.63, 3.8) is 0 Å². The van der Waals surface area contributed by atoms with Crippen LogP contribution in [-0.4, -0.2) is 70.3 Å². The summed E-state index contributed by atoms with van der Waals surface area (Å²) in [6.07, 6.45) is -0.0415. The van der Waals surface area contributed by atoms with Gasteiger partial charge in [0, 0.05) is 13.1 Å². The van der Waals surface area contributed by atoms with Gasteiger partial charge in [0.2, 0.25) is 5.91 Å². The maximum absolute atomic E-state index is 12.5. The zero-order chi connectivity index (χ0) is 16.9. The molecule has 23 heavy (non-hydrogen) atoms. The van der Waals surface area contributed by atoms with Crippen LogP contribution in [-0.2, 0) is 11.2 Å². The van der Waals surface area contributed by atoms with E-state index in [1.54, 1.807) is 4.90 Å². The topological polar surface area (TPSA) is 64.0 Å². The number of nitrogens with zero attached hydrogens (tertiary/aromatic N) is 2. The third-order valence-corrected chi connectivity index (χ3v) is 4.70. The van der Waals surface area contributed by atoms with E-state index in [2.05, 4.69) is 4.90 Å². The molecule has 0 aliphatic carbocycles. The molecular formula is C18H28N2O3. The summed E-state index contributed by atoms with van der Waals surface area (Å²) >= 11 is 0. The van der Waals surface area contributed by atoms with Gasteiger partial charge in [-0.2, -0.15) is 0 Å². The average Bonchev–Trinajstić information content (AvgIpc) is 2.56. The standard InChI is InChI=1S/C18H28N2O3/c1-3-19(4-2)13-18(23)14-20(11-10-16(18)21)17(22)12-15-8-6-5-7-9-15/h5-9,16,21,23H,3-4,10-14H2,1-2H3/t16-,18+/m1/s1. The predicted octanol–water partition coefficient (Wildman–Crippen LogP) is 0.895. The molecule has 2 rings (SSSR count). The van der Waals surface area contributed by atoms with E-state index < -0.39 is 11.7 Å². The van der Waals surface area contributed by atoms with E-state index in [1.165, 1.54) is 0 Å². The molecule has 2 atom stereocenters. The highest BCUT2D eigenvalue weighted by Crippen LogP contribution is 2.24. The number of carbonyl (C=O) groups excluding carboxylic acids is 1. The quantitative estimate of drug-likeness (QED) is 0.817. The molecule has 1 saturated heterocycles. The van der Waals surface area contributed by atoms with E-state index in [4.69, 9.17) is 0 Å². The smallest absolute Gasteiger partial charge is 0.227 e. The van der Waals surface area contributed by atoms with Crippen LogP contribution in [0.25, 0.3) is 0 Å². The fourth-order valence-corrected chi connectivity index (χ4v) is 3.15. The van der Waals surface area contributed by atoms with Crippen molar-refractivity contribution in [1.82, 2.24) is 9.80 Å². The Labute approximate surface area is 138 Å². The first-order valence-corrected chi connectivity index (χ1v) is 8.43. The Bertz CT molecular complexity index is 504. The van der Waals surface area contributed by atoms with Crippen molar-refractivity contribution in [3.05, 3.63) is 35.9 Å². The zero-order valence-electron chi connectivity index (χ0n) is 14.1. The third-order valence-electron chi connectivity index (χ3n) is 4.70. The first-order chi connectivity index (χ1) is 11.0. The largest absolute Gasteiger partial charge is 0.390 e. The summed E-state index contributed by atoms with van der Waals surface area (Å²) in [7, 11) is 0. The van der Waals surface area contributed by atoms with E-state index in [0.29, 0.717) is 25.9 Å². The molecule has 1 aromatic carbocycles. The molecule has 1 amide bonds. The van der Waals surface area contributed by atoms with Crippen molar-refractivity contribution in [3.8, 4) is 0 Å². The minimum Gasteiger partial charge on any atom is -0.390 e. The summed E-state index contributed by atoms with van der Waals surface area (Å²) in [4.78, 5) is 16.3. The second-order valence-corrected chi connectivity index (χ2v) is 6.35. The van der Waals surface area contributed by atoms with Crippen molar-refractivity contribution in [2.24, 2.45) is 0 Å². The fourth-order valence-electron chi connectivity index (χ4n) is 3.15. The van der Waals surface area contributed by atoms with E-state index in [9.17, 15) is 15.0 Å². The molecule has 0 aromatic heterocycles. The number of likely N-dealkylation sites (N-methyl/N-ethyl adjacent to an activating group) is 1. The molecule has 1 aromatic rings. The molecular weight excluding hydrogens is 292 g/mol. The number of β-amino-alcohol motifs (C(OH)–C–C–N with tert-alkyl or cyclic N) is 1. The van der Waals surface area contributed by atoms with E-state index in [1.807, 2.05) is 44.2 Å². The first kappa shape index (κ1) is 17.9. The highest BCUT2D eigenvalue weighted by atomic mass is 16.3. The van der Waals surface area contributed by atoms with E-state index in [-0.39, 0.29) is 12.5 Å². The molecule has 5 nitrogen and oxygen atoms in total. The maximum atomic E-state index is 12.5. The Balaban J connectivity index is 2.02. The van der Waals surface area contributed by atoms with Gasteiger partial charge in [-0.05, 0) is 25.1 Å². The van der Waals surface area contributed by atoms with Crippen molar-refractivity contribution >= 4 is 5.91 Å². The summed E-state index contributed by atoms with van der Waals surface area (Å²) in [5.74, 6) is 0.000993. The lowest BCUT2D eigenvalue weighted by Gasteiger charge is -2.44. The van der Waals surface area contributed by atoms with Crippen molar-refractivity contribution in [2.45, 2.75) is 38.4 Å². The van der Waals surface area contributed by atoms with E-state index in [0.717, 1.165) is 18.7 Å². The molecule has 0 saturated carbocycles. The lowest BCUT2D eigenvalue weighted by molar-refractivity contribution is -0.155. The Morgan fingerprint density at radius 1 is 1.30 bits per heavy atom. The van der Waals surface area contributed by atoms with Gasteiger partial charge in [0.15, 0.2) is 0 Å². The Hall–Kier alpha value is -1.43. The number of hydrogen-bond acceptors (Lipinski definition) is 4. The van der Waals surface area contributed by atoms with Crippen LogP contribution in [0.3, 0.4) is 0 Å². The van der Waals surface area contributed by atoms with Crippen LogP contribution in [0.15, 0.2) is 30.3 Å². The maximum Gasteiger partial charge on any atom is 0.227 e. The van der Waals surface area contributed by atoms with Crippen LogP contribution in [0.1, 0.15) is 25.8 Å². The van der Waals surface area contributed by atoms with Crippen LogP contribution in [0.5, 0.6) is 0 Å². The number of aliphatic hydroxyl groups excluding tert-OH is 1. The van der Waals surface area contributed by atoms with Crippen molar-refractivity contribution in [2.75, 3.05) is 32.7 Å². The number of benzene rings is 1. The average molecular weight is 320 g/mol. The van der Waals surface area contributed by atoms with Crippen LogP contribution in [0.4, 0.5) is 0 Å². The van der Waals surface area contributed by atoms with Crippen LogP contribution >= 0.6 is 0 Å². The molecule has 5 heteroatoms. The van der Waals surface area contributed by atoms with Crippen LogP contribution < -0.4 is 0 Å². The molecule has 1 fully saturated rings. The summed E-state index contributed by atoms with van der Waals surface area (Å²) in [5, 5.41) is 21.1. The molecule has 0 spiro atoms. The molecule has 0 radical (unpaired) electrons. The van der Waals surface area contributed by atoms with Gasteiger partial charge in [-0.25, -0.2) is 0 Å². The third kappa shape index (κ3) is 4.53. The van der Waals surface area contributed by atoms with Gasteiger partial charge in [0.1, 0.15) is 5.60 Å². The molecule has 0 unspecified atom stereocenters. The molecule has 1 heterocycles. The zero-order valence-corrected chi connectivity index (χ0v) is 14.1. The van der Waals surface area contributed by atoms with Gasteiger partial charge in [-0.3, -0.25) is 4.79 Å². The number of likely N-dealkylation sites (tertiary alicyclic amines) is 1. The minimum absolute atomic E-state index is 0.000993. The van der Waals surface area contributed by atoms with Crippen molar-refractivity contribution < 1.29 is 15.0 Å². The Morgan fingerprint density at radius 3 is 2.57 bits per heavy atom. The second-order valence-electron chi connectivity index (χ2n) is 6.35. The number of rotatable bonds is 6. The van der Waals surface area contributed by atoms with Gasteiger partial charge >= 0.3 is 0 Å². The lowest BCUT2D eigenvalue weighted by atomic mass is 9.88. The summed E-state index contributed by atoms with van der Waals surface area (Å²) < 4.78 is 0. The number of carbonyl (C=O) groups is 1. The van der Waals surface area contributed by atoms with E-state index >= 15 is 0 Å². The number of amides is 1. The first-order valence-electron chi connectivity index (χ1n) is 8.43. The number of piperidine rings is 1. The Morgan fingerprint density at radius 2 is 1.96 bits per heavy atom. The summed E-state index contributed by atoms with van der Waals surface area (Å²) in [6, 6.07) is 9.62. The predicted molar refractivity (Wildman–Crippen MR) is 90.1 cm³/mol. The lowest BCUT2D eigenvalue weighted by Crippen LogP contribution is -2.62. The van der Waals surface area contributed by atoms with Gasteiger partial charge in [0.25, 0.3) is 0 Å². The highest BCUT2D eigenvalue weighted by Gasteiger charge is 2.43. The molecule has 2 N–H and O–H groups in total. The van der Waals surface area contributed by atoms with Gasteiger partial charge in [0.05, 0.1) is 19.1 Å². The number of aliphatic hydroxyl groups is 2. The molecule has 1 aliphatic heterocycles. The minimum atomic E-state index is -1.25. The fraction of sp³-hybridized carbons (Fsp3) is 0.611. The van der Waals surface area contributed by atoms with Gasteiger partial charge in [-0.1, -0.05) is 44.2 Å². The number of hydrogen-bond donors (Lipinski definition) is 2. The van der Waals surface area contributed by atoms with Crippen LogP contribution in [0, 0.1) is 0 Å². The SMILES string of the molecule is CCN(CC)C[C@]1(O)CN(C(=O)Cc2ccccc2)CC[C@H]1O. The van der Waals surface area contributed by atoms with Crippen molar-refractivity contribution in [1.29, 1.82) is 0 Å². The van der Waals surface area contributed by atoms with Gasteiger partial charge in [-0.15, -0.1) is 0 Å². The van der Waals surface area contributed by atoms with Gasteiger partial charge < -0.3 is 20.0 Å². The molecule has 1 aliphatic rings. The summed E-state index contributed by atoms with van der Waals surface area (Å²) in [5.41, 5.74) is -0.285.